The molecule has 17 heavy (non-hydrogen) atoms. The van der Waals surface area contributed by atoms with Crippen LogP contribution in [-0.2, 0) is 3.74 Å². The number of benzene rings is 1. The van der Waals surface area contributed by atoms with E-state index < -0.39 is 40.7 Å². The van der Waals surface area contributed by atoms with E-state index in [0.29, 0.717) is 6.07 Å². The Kier molecular flexibility index (Phi) is 6.26. The molecule has 1 aromatic rings. The van der Waals surface area contributed by atoms with Crippen molar-refractivity contribution in [2.45, 2.75) is 0 Å². The standard InChI is InChI=1S/C7H6AsNO7.K/c10-7(11)4-1-5(8(12,13)14)3-6(2-4)9(15)16;/h1-3H,(H,10,11)(H2,12,13,14);/q;+1. The molecule has 0 aromatic heterocycles. The third kappa shape index (κ3) is 4.64. The third-order valence-electron chi connectivity index (χ3n) is 1.70. The summed E-state index contributed by atoms with van der Waals surface area (Å²) in [6, 6.07) is 2.14. The predicted molar refractivity (Wildman–Crippen MR) is 50.6 cm³/mol. The molecule has 10 heteroatoms. The van der Waals surface area contributed by atoms with E-state index in [0.717, 1.165) is 12.1 Å². The van der Waals surface area contributed by atoms with E-state index in [4.69, 9.17) is 13.3 Å². The van der Waals surface area contributed by atoms with Gasteiger partial charge in [-0.15, -0.1) is 0 Å². The number of non-ortho nitro benzene ring substituents is 1. The number of carboxylic acid groups (broad SMARTS) is 1. The van der Waals surface area contributed by atoms with Crippen LogP contribution < -0.4 is 55.7 Å². The van der Waals surface area contributed by atoms with Crippen molar-refractivity contribution in [3.05, 3.63) is 33.9 Å². The van der Waals surface area contributed by atoms with Crippen LogP contribution in [0.1, 0.15) is 10.4 Å². The van der Waals surface area contributed by atoms with Crippen molar-refractivity contribution in [1.82, 2.24) is 0 Å². The molecular weight excluding hydrogens is 324 g/mol. The van der Waals surface area contributed by atoms with Gasteiger partial charge in [-0.1, -0.05) is 0 Å². The maximum Gasteiger partial charge on any atom is 1.00 e. The van der Waals surface area contributed by atoms with Crippen LogP contribution in [0, 0.1) is 10.1 Å². The second kappa shape index (κ2) is 6.25. The molecule has 0 aliphatic carbocycles. The SMILES string of the molecule is O=C(O)c1cc([N+](=O)[O-])cc([As](=O)(O)O)c1.[K+]. The summed E-state index contributed by atoms with van der Waals surface area (Å²) < 4.78 is 28.0. The zero-order valence-electron chi connectivity index (χ0n) is 8.60. The van der Waals surface area contributed by atoms with Gasteiger partial charge in [0, 0.05) is 0 Å². The van der Waals surface area contributed by atoms with Gasteiger partial charge in [-0.25, -0.2) is 0 Å². The van der Waals surface area contributed by atoms with Crippen LogP contribution in [0.5, 0.6) is 0 Å². The molecule has 0 radical (unpaired) electrons. The number of nitrogens with zero attached hydrogens (tertiary/aromatic N) is 1. The molecule has 0 unspecified atom stereocenters. The van der Waals surface area contributed by atoms with Gasteiger partial charge < -0.3 is 0 Å². The van der Waals surface area contributed by atoms with Crippen molar-refractivity contribution >= 4 is 30.2 Å². The number of hydrogen-bond donors (Lipinski definition) is 3. The number of nitro benzene ring substituents is 1. The molecule has 0 saturated carbocycles. The quantitative estimate of drug-likeness (QED) is 0.291. The molecule has 0 spiro atoms. The van der Waals surface area contributed by atoms with E-state index in [1.165, 1.54) is 0 Å². The summed E-state index contributed by atoms with van der Waals surface area (Å²) in [5, 5.41) is 19.0. The van der Waals surface area contributed by atoms with Crippen LogP contribution in [0.4, 0.5) is 5.69 Å². The smallest absolute Gasteiger partial charge is 1.00 e. The summed E-state index contributed by atoms with van der Waals surface area (Å²) in [6.07, 6.45) is 0. The minimum atomic E-state index is -5.35. The Labute approximate surface area is 140 Å². The van der Waals surface area contributed by atoms with Crippen molar-refractivity contribution in [2.75, 3.05) is 0 Å². The van der Waals surface area contributed by atoms with Gasteiger partial charge in [0.05, 0.1) is 0 Å². The normalized spacial score (nSPS) is 10.5. The first-order chi connectivity index (χ1) is 7.21. The molecule has 0 amide bonds. The molecule has 3 N–H and O–H groups in total. The summed E-state index contributed by atoms with van der Waals surface area (Å²) >= 11 is -5.35. The number of nitro groups is 1. The van der Waals surface area contributed by atoms with E-state index in [9.17, 15) is 18.6 Å². The Hall–Kier alpha value is 0.00481. The first kappa shape index (κ1) is 17.0. The van der Waals surface area contributed by atoms with Crippen LogP contribution in [0.25, 0.3) is 0 Å². The van der Waals surface area contributed by atoms with E-state index in [-0.39, 0.29) is 51.4 Å². The van der Waals surface area contributed by atoms with Gasteiger partial charge >= 0.3 is 142 Å². The molecule has 86 valence electrons. The molecule has 0 fully saturated rings. The van der Waals surface area contributed by atoms with E-state index in [2.05, 4.69) is 0 Å². The molecule has 0 aliphatic heterocycles. The fraction of sp³-hybridized carbons (Fsp3) is 0. The monoisotopic (exact) mass is 330 g/mol. The van der Waals surface area contributed by atoms with E-state index in [1.807, 2.05) is 0 Å². The Morgan fingerprint density at radius 1 is 1.29 bits per heavy atom. The molecule has 8 nitrogen and oxygen atoms in total. The van der Waals surface area contributed by atoms with Crippen molar-refractivity contribution in [3.63, 3.8) is 0 Å². The first-order valence-corrected chi connectivity index (χ1v) is 7.19. The molecule has 0 aliphatic rings. The summed E-state index contributed by atoms with van der Waals surface area (Å²) in [4.78, 5) is 20.1. The second-order valence-electron chi connectivity index (χ2n) is 2.84. The number of carbonyl (C=O) groups is 1. The number of carboxylic acids is 1. The Balaban J connectivity index is 0.00000256. The molecule has 0 saturated heterocycles. The zero-order chi connectivity index (χ0) is 12.5. The minimum absolute atomic E-state index is 0. The Bertz CT molecular complexity index is 479. The summed E-state index contributed by atoms with van der Waals surface area (Å²) in [6.45, 7) is 0. The molecule has 0 heterocycles. The first-order valence-electron chi connectivity index (χ1n) is 3.80. The topological polar surface area (TPSA) is 138 Å². The van der Waals surface area contributed by atoms with E-state index >= 15 is 0 Å². The largest absolute Gasteiger partial charge is 1.00 e. The molecule has 1 rings (SSSR count). The van der Waals surface area contributed by atoms with Gasteiger partial charge in [0.1, 0.15) is 0 Å². The second-order valence-corrected chi connectivity index (χ2v) is 6.21. The number of aromatic carboxylic acids is 1. The molecular formula is C7H6AsKNO7+. The summed E-state index contributed by atoms with van der Waals surface area (Å²) in [5.74, 6) is -1.49. The average Bonchev–Trinajstić information content (AvgIpc) is 2.15. The maximum atomic E-state index is 10.9. The van der Waals surface area contributed by atoms with E-state index in [1.54, 1.807) is 0 Å². The Morgan fingerprint density at radius 3 is 2.18 bits per heavy atom. The number of rotatable bonds is 3. The van der Waals surface area contributed by atoms with Gasteiger partial charge in [0.25, 0.3) is 0 Å². The van der Waals surface area contributed by atoms with Gasteiger partial charge in [-0.3, -0.25) is 0 Å². The zero-order valence-corrected chi connectivity index (χ0v) is 13.6. The molecule has 1 aromatic carbocycles. The van der Waals surface area contributed by atoms with Crippen LogP contribution in [-0.4, -0.2) is 38.4 Å². The van der Waals surface area contributed by atoms with Crippen molar-refractivity contribution < 1.29 is 78.1 Å². The van der Waals surface area contributed by atoms with Crippen LogP contribution >= 0.6 is 0 Å². The van der Waals surface area contributed by atoms with Gasteiger partial charge in [0.15, 0.2) is 0 Å². The average molecular weight is 330 g/mol. The van der Waals surface area contributed by atoms with Gasteiger partial charge in [0.2, 0.25) is 0 Å². The van der Waals surface area contributed by atoms with Crippen LogP contribution in [0.2, 0.25) is 0 Å². The third-order valence-corrected chi connectivity index (χ3v) is 3.65. The maximum absolute atomic E-state index is 10.9. The fourth-order valence-electron chi connectivity index (χ4n) is 0.992. The van der Waals surface area contributed by atoms with Crippen molar-refractivity contribution in [2.24, 2.45) is 0 Å². The predicted octanol–water partition coefficient (Wildman–Crippen LogP) is -4.14. The summed E-state index contributed by atoms with van der Waals surface area (Å²) in [5.41, 5.74) is -1.20. The molecule has 0 atom stereocenters. The summed E-state index contributed by atoms with van der Waals surface area (Å²) in [7, 11) is 0. The van der Waals surface area contributed by atoms with Crippen molar-refractivity contribution in [3.8, 4) is 0 Å². The Morgan fingerprint density at radius 2 is 1.82 bits per heavy atom. The van der Waals surface area contributed by atoms with Crippen LogP contribution in [0.15, 0.2) is 18.2 Å². The fourth-order valence-corrected chi connectivity index (χ4v) is 2.27. The number of hydrogen-bond acceptors (Lipinski definition) is 4. The molecule has 0 bridgehead atoms. The van der Waals surface area contributed by atoms with Crippen LogP contribution in [0.3, 0.4) is 0 Å². The van der Waals surface area contributed by atoms with Gasteiger partial charge in [-0.05, 0) is 0 Å². The van der Waals surface area contributed by atoms with Gasteiger partial charge in [-0.2, -0.15) is 0 Å². The van der Waals surface area contributed by atoms with Crippen molar-refractivity contribution in [1.29, 1.82) is 0 Å². The minimum Gasteiger partial charge on any atom is 1.00 e.